The fraction of sp³-hybridized carbons (Fsp3) is 0.342. The second-order valence-corrected chi connectivity index (χ2v) is 32.4. The van der Waals surface area contributed by atoms with Crippen molar-refractivity contribution in [2.24, 2.45) is 0 Å². The van der Waals surface area contributed by atoms with E-state index in [0.717, 1.165) is 36.8 Å². The molecule has 3 aliphatic rings. The Labute approximate surface area is 723 Å². The fourth-order valence-corrected chi connectivity index (χ4v) is 13.2. The van der Waals surface area contributed by atoms with Gasteiger partial charge in [-0.05, 0) is 205 Å². The standard InChI is InChI=1S/C26H24ClF3N4O4S.C22H18ClF3N4O3.C17H17ClF3N3O3.C5H2Cl2F3N3O.C3Cl3N3/c27-19-7-5-18(6-8-19)25(11-12-25)34-23-31-22(32-24(33-23)38-15-26(28,29)30)13-16-1-3-17(4-2-16)21(35)14-39(36,37)20-9-10-20;23-16-7-5-15(6-8-16)21(9-10-21)30-19-27-17(28-20(29-19)33-12-22(24,25)26)11-13-1-3-14(4-2-13)18(31)32;1-16(2,3)27-13(25)11-6-4-10(5-7-11)8-12-22-14(18)24-15(23-12)26-9-17(19,20)21;6-2-11-3(7)13-4(12-2)14-1-5(8,9)10;4-1-7-2(5)9-3(6)8-1/h1-8,20H,9-15H2,(H,31,32,33,34);1-8H,9-12H2,(H,31,32)(H,27,28,29,30);4-7H,8-9H2,1-3H3;1H2;. The minimum Gasteiger partial charge on any atom is -0.478 e. The van der Waals surface area contributed by atoms with E-state index in [4.69, 9.17) is 112 Å². The van der Waals surface area contributed by atoms with Gasteiger partial charge in [-0.2, -0.15) is 122 Å². The number of carboxylic acid groups (broad SMARTS) is 1. The number of ketones is 1. The summed E-state index contributed by atoms with van der Waals surface area (Å²) in [6.07, 6.45) is -13.4. The number of nitrogens with one attached hydrogen (secondary N) is 2. The van der Waals surface area contributed by atoms with Crippen LogP contribution in [-0.4, -0.2) is 174 Å². The Bertz CT molecular complexity index is 5340. The molecule has 0 aliphatic heterocycles. The molecule has 0 bridgehead atoms. The number of sulfone groups is 1. The molecule has 10 aromatic rings. The molecule has 0 atom stereocenters. The molecule has 3 fully saturated rings. The third kappa shape index (κ3) is 33.0. The number of ether oxygens (including phenoxy) is 5. The lowest BCUT2D eigenvalue weighted by molar-refractivity contribution is -0.155. The second-order valence-electron chi connectivity index (χ2n) is 27.2. The van der Waals surface area contributed by atoms with Gasteiger partial charge in [0.1, 0.15) is 28.8 Å². The summed E-state index contributed by atoms with van der Waals surface area (Å²) in [6.45, 7) is -0.835. The van der Waals surface area contributed by atoms with Crippen LogP contribution < -0.4 is 29.6 Å². The van der Waals surface area contributed by atoms with E-state index in [1.54, 1.807) is 93.6 Å². The van der Waals surface area contributed by atoms with Crippen LogP contribution in [0.5, 0.6) is 24.0 Å². The number of carbonyl (C=O) groups is 3. The van der Waals surface area contributed by atoms with Crippen LogP contribution in [-0.2, 0) is 44.9 Å². The first-order valence-corrected chi connectivity index (χ1v) is 39.8. The van der Waals surface area contributed by atoms with E-state index in [1.165, 1.54) is 24.3 Å². The SMILES string of the molecule is CC(C)(C)OC(=O)c1ccc(Cc2nc(Cl)nc(OCC(F)(F)F)n2)cc1.Clc1nc(Cl)nc(Cl)n1.FC(F)(F)COc1nc(Cl)nc(Cl)n1.O=C(CS(=O)(=O)C1CC1)c1ccc(Cc2nc(NC3(c4ccc(Cl)cc4)CC3)nc(OCC(F)(F)F)n2)cc1.O=C(O)c1ccc(Cc2nc(NC3(c4ccc(Cl)cc4)CC3)nc(OCC(F)(F)F)n2)cc1. The molecule has 3 aliphatic carbocycles. The number of carbonyl (C=O) groups excluding carboxylic acids is 2. The minimum absolute atomic E-state index is 0.000000000000000444. The summed E-state index contributed by atoms with van der Waals surface area (Å²) in [5.74, 6) is -1.90. The van der Waals surface area contributed by atoms with E-state index in [0.29, 0.717) is 45.1 Å². The molecule has 13 rings (SSSR count). The third-order valence-electron chi connectivity index (χ3n) is 16.0. The van der Waals surface area contributed by atoms with Crippen LogP contribution in [0.25, 0.3) is 0 Å². The molecule has 0 spiro atoms. The van der Waals surface area contributed by atoms with E-state index in [-0.39, 0.29) is 91.5 Å². The van der Waals surface area contributed by atoms with Gasteiger partial charge < -0.3 is 39.4 Å². The van der Waals surface area contributed by atoms with Crippen molar-refractivity contribution in [1.29, 1.82) is 0 Å². The number of aromatic carboxylic acids is 1. The number of anilines is 2. The number of benzene rings is 5. The summed E-state index contributed by atoms with van der Waals surface area (Å²) in [7, 11) is -3.43. The zero-order valence-corrected chi connectivity index (χ0v) is 69.6. The number of nitrogens with zero attached hydrogens (tertiary/aromatic N) is 15. The van der Waals surface area contributed by atoms with Gasteiger partial charge in [0.2, 0.25) is 43.6 Å². The Morgan fingerprint density at radius 1 is 0.402 bits per heavy atom. The third-order valence-corrected chi connectivity index (χ3v) is 19.7. The fourth-order valence-electron chi connectivity index (χ4n) is 10.2. The molecule has 650 valence electrons. The Morgan fingerprint density at radius 2 is 0.697 bits per heavy atom. The first kappa shape index (κ1) is 95.8. The smallest absolute Gasteiger partial charge is 0.422 e. The molecule has 28 nitrogen and oxygen atoms in total. The van der Waals surface area contributed by atoms with Crippen molar-refractivity contribution in [3.8, 4) is 24.0 Å². The van der Waals surface area contributed by atoms with E-state index < -0.39 is 130 Å². The molecular weight excluding hydrogens is 1830 g/mol. The topological polar surface area (TPSA) is 369 Å². The van der Waals surface area contributed by atoms with Crippen LogP contribution >= 0.6 is 92.8 Å². The molecule has 49 heteroatoms. The van der Waals surface area contributed by atoms with Crippen molar-refractivity contribution in [1.82, 2.24) is 74.8 Å². The largest absolute Gasteiger partial charge is 0.478 e. The summed E-state index contributed by atoms with van der Waals surface area (Å²) in [5, 5.41) is 15.3. The average Bonchev–Trinajstić information content (AvgIpc) is 1.61. The van der Waals surface area contributed by atoms with Crippen LogP contribution in [0.1, 0.15) is 136 Å². The molecule has 3 N–H and O–H groups in total. The molecule has 5 heterocycles. The lowest BCUT2D eigenvalue weighted by atomic mass is 10.1. The normalized spacial score (nSPS) is 13.9. The van der Waals surface area contributed by atoms with Crippen molar-refractivity contribution in [3.05, 3.63) is 225 Å². The first-order valence-electron chi connectivity index (χ1n) is 35.0. The maximum Gasteiger partial charge on any atom is 0.422 e. The zero-order chi connectivity index (χ0) is 89.3. The number of alkyl halides is 12. The first-order chi connectivity index (χ1) is 57.0. The predicted octanol–water partition coefficient (Wildman–Crippen LogP) is 17.7. The van der Waals surface area contributed by atoms with Gasteiger partial charge in [-0.1, -0.05) is 96.0 Å². The maximum absolute atomic E-state index is 12.8. The van der Waals surface area contributed by atoms with Crippen molar-refractivity contribution in [3.63, 3.8) is 0 Å². The van der Waals surface area contributed by atoms with Crippen LogP contribution in [0.15, 0.2) is 121 Å². The number of hydrogen-bond acceptors (Lipinski definition) is 27. The molecule has 5 aromatic heterocycles. The van der Waals surface area contributed by atoms with E-state index in [2.05, 4.69) is 94.9 Å². The molecule has 0 unspecified atom stereocenters. The molecule has 3 saturated carbocycles. The highest BCUT2D eigenvalue weighted by Crippen LogP contribution is 2.49. The number of carboxylic acids is 1. The summed E-state index contributed by atoms with van der Waals surface area (Å²) >= 11 is 44.2. The summed E-state index contributed by atoms with van der Waals surface area (Å²) in [6, 6.07) is 31.3. The monoisotopic (exact) mass is 1890 g/mol. The number of rotatable bonds is 26. The molecule has 0 amide bonds. The summed E-state index contributed by atoms with van der Waals surface area (Å²) in [4.78, 5) is 91.8. The average molecular weight is 1900 g/mol. The van der Waals surface area contributed by atoms with Crippen molar-refractivity contribution >= 4 is 132 Å². The second kappa shape index (κ2) is 41.0. The van der Waals surface area contributed by atoms with Crippen LogP contribution in [0.4, 0.5) is 64.6 Å². The molecular formula is C73H61Cl8F12N17O11S. The van der Waals surface area contributed by atoms with Crippen LogP contribution in [0.2, 0.25) is 41.7 Å². The van der Waals surface area contributed by atoms with Gasteiger partial charge in [0.15, 0.2) is 42.0 Å². The van der Waals surface area contributed by atoms with Gasteiger partial charge in [0.05, 0.1) is 27.5 Å². The Morgan fingerprint density at radius 3 is 1.01 bits per heavy atom. The highest BCUT2D eigenvalue weighted by Gasteiger charge is 2.47. The lowest BCUT2D eigenvalue weighted by Crippen LogP contribution is -2.23. The van der Waals surface area contributed by atoms with E-state index in [9.17, 15) is 75.5 Å². The van der Waals surface area contributed by atoms with Gasteiger partial charge in [0, 0.05) is 34.9 Å². The quantitative estimate of drug-likeness (QED) is 0.0257. The lowest BCUT2D eigenvalue weighted by Gasteiger charge is -2.19. The molecule has 0 saturated heterocycles. The van der Waals surface area contributed by atoms with Gasteiger partial charge in [-0.3, -0.25) is 4.79 Å². The molecule has 0 radical (unpaired) electrons. The Balaban J connectivity index is 0.000000185. The maximum atomic E-state index is 12.8. The van der Waals surface area contributed by atoms with Gasteiger partial charge >= 0.3 is 60.7 Å². The highest BCUT2D eigenvalue weighted by molar-refractivity contribution is 7.93. The van der Waals surface area contributed by atoms with Crippen LogP contribution in [0.3, 0.4) is 0 Å². The Kier molecular flexibility index (Phi) is 32.2. The van der Waals surface area contributed by atoms with Gasteiger partial charge in [0.25, 0.3) is 0 Å². The number of esters is 1. The number of Topliss-reactive ketones (excluding diaryl/α,β-unsaturated/α-hetero) is 1. The zero-order valence-electron chi connectivity index (χ0n) is 62.7. The number of aromatic nitrogens is 15. The van der Waals surface area contributed by atoms with Crippen molar-refractivity contribution in [2.75, 3.05) is 42.8 Å². The van der Waals surface area contributed by atoms with E-state index in [1.807, 2.05) is 24.3 Å². The summed E-state index contributed by atoms with van der Waals surface area (Å²) < 4.78 is 196. The molecule has 5 aromatic carbocycles. The number of halogens is 20. The van der Waals surface area contributed by atoms with Crippen molar-refractivity contribution < 1.29 is 104 Å². The predicted molar refractivity (Wildman–Crippen MR) is 418 cm³/mol. The van der Waals surface area contributed by atoms with Gasteiger partial charge in [-0.25, -0.2) is 23.0 Å². The van der Waals surface area contributed by atoms with Gasteiger partial charge in [-0.15, -0.1) is 0 Å². The highest BCUT2D eigenvalue weighted by atomic mass is 35.5. The Hall–Kier alpha value is -10.0. The van der Waals surface area contributed by atoms with Crippen LogP contribution in [0, 0.1) is 0 Å². The number of hydrogen-bond donors (Lipinski definition) is 3. The minimum atomic E-state index is -4.57. The van der Waals surface area contributed by atoms with Crippen molar-refractivity contribution in [2.45, 2.75) is 125 Å². The van der Waals surface area contributed by atoms with E-state index >= 15 is 0 Å². The summed E-state index contributed by atoms with van der Waals surface area (Å²) in [5.41, 5.74) is 3.16. The molecule has 122 heavy (non-hydrogen) atoms.